The first-order valence-electron chi connectivity index (χ1n) is 5.88. The lowest BCUT2D eigenvalue weighted by Gasteiger charge is -2.27. The van der Waals surface area contributed by atoms with E-state index in [1.165, 1.54) is 9.44 Å². The molecular formula is C11H10BrF3N4S. The van der Waals surface area contributed by atoms with E-state index in [2.05, 4.69) is 31.0 Å². The van der Waals surface area contributed by atoms with Crippen molar-refractivity contribution in [2.45, 2.75) is 25.8 Å². The van der Waals surface area contributed by atoms with Crippen molar-refractivity contribution in [2.24, 2.45) is 0 Å². The molecule has 0 fully saturated rings. The normalized spacial score (nSPS) is 16.4. The maximum Gasteiger partial charge on any atom is 0.451 e. The van der Waals surface area contributed by atoms with Gasteiger partial charge in [-0.2, -0.15) is 13.2 Å². The first-order valence-corrected chi connectivity index (χ1v) is 7.55. The van der Waals surface area contributed by atoms with Gasteiger partial charge in [0.1, 0.15) is 5.82 Å². The molecule has 2 aromatic rings. The van der Waals surface area contributed by atoms with Crippen molar-refractivity contribution < 1.29 is 13.2 Å². The van der Waals surface area contributed by atoms with Gasteiger partial charge in [0.05, 0.1) is 6.54 Å². The molecule has 0 unspecified atom stereocenters. The molecule has 0 saturated carbocycles. The Morgan fingerprint density at radius 3 is 2.75 bits per heavy atom. The van der Waals surface area contributed by atoms with Gasteiger partial charge >= 0.3 is 6.18 Å². The Labute approximate surface area is 125 Å². The molecule has 0 spiro atoms. The molecule has 1 aliphatic rings. The van der Waals surface area contributed by atoms with Crippen LogP contribution in [0.5, 0.6) is 0 Å². The van der Waals surface area contributed by atoms with E-state index in [1.54, 1.807) is 11.3 Å². The maximum absolute atomic E-state index is 12.7. The molecule has 0 atom stereocenters. The molecule has 9 heteroatoms. The molecule has 0 aliphatic carbocycles. The smallest absolute Gasteiger partial charge is 0.305 e. The highest BCUT2D eigenvalue weighted by molar-refractivity contribution is 9.10. The molecule has 0 saturated heterocycles. The molecular weight excluding hydrogens is 357 g/mol. The van der Waals surface area contributed by atoms with E-state index in [0.29, 0.717) is 25.5 Å². The van der Waals surface area contributed by atoms with Crippen LogP contribution in [0.15, 0.2) is 15.9 Å². The average molecular weight is 367 g/mol. The average Bonchev–Trinajstić information content (AvgIpc) is 2.94. The van der Waals surface area contributed by atoms with E-state index in [9.17, 15) is 13.2 Å². The van der Waals surface area contributed by atoms with Gasteiger partial charge in [-0.15, -0.1) is 21.5 Å². The van der Waals surface area contributed by atoms with Gasteiger partial charge in [-0.1, -0.05) is 0 Å². The van der Waals surface area contributed by atoms with Crippen LogP contribution in [-0.2, 0) is 25.8 Å². The van der Waals surface area contributed by atoms with E-state index in [1.807, 2.05) is 11.4 Å². The van der Waals surface area contributed by atoms with Gasteiger partial charge in [0.2, 0.25) is 5.82 Å². The van der Waals surface area contributed by atoms with E-state index >= 15 is 0 Å². The highest BCUT2D eigenvalue weighted by Crippen LogP contribution is 2.30. The van der Waals surface area contributed by atoms with Crippen molar-refractivity contribution in [2.75, 3.05) is 6.54 Å². The zero-order chi connectivity index (χ0) is 14.3. The molecule has 3 rings (SSSR count). The van der Waals surface area contributed by atoms with Crippen molar-refractivity contribution in [3.63, 3.8) is 0 Å². The van der Waals surface area contributed by atoms with Crippen molar-refractivity contribution in [3.8, 4) is 0 Å². The molecule has 0 N–H and O–H groups in total. The summed E-state index contributed by atoms with van der Waals surface area (Å²) in [6, 6.07) is 2.02. The van der Waals surface area contributed by atoms with Crippen LogP contribution in [0.4, 0.5) is 13.2 Å². The van der Waals surface area contributed by atoms with Crippen LogP contribution in [0.2, 0.25) is 0 Å². The van der Waals surface area contributed by atoms with Gasteiger partial charge in [-0.05, 0) is 22.0 Å². The Bertz CT molecular complexity index is 621. The van der Waals surface area contributed by atoms with Crippen LogP contribution in [0.25, 0.3) is 0 Å². The predicted molar refractivity (Wildman–Crippen MR) is 71.2 cm³/mol. The highest BCUT2D eigenvalue weighted by Gasteiger charge is 2.39. The van der Waals surface area contributed by atoms with Gasteiger partial charge < -0.3 is 4.57 Å². The molecule has 1 aliphatic heterocycles. The summed E-state index contributed by atoms with van der Waals surface area (Å²) in [5, 5.41) is 8.93. The molecule has 108 valence electrons. The molecule has 4 nitrogen and oxygen atoms in total. The first-order chi connectivity index (χ1) is 9.43. The number of halogens is 4. The fraction of sp³-hybridized carbons (Fsp3) is 0.455. The third kappa shape index (κ3) is 2.75. The van der Waals surface area contributed by atoms with Gasteiger partial charge in [0.25, 0.3) is 0 Å². The van der Waals surface area contributed by atoms with Gasteiger partial charge in [0.15, 0.2) is 0 Å². The number of fused-ring (bicyclic) bond motifs is 1. The number of rotatable bonds is 2. The first kappa shape index (κ1) is 14.0. The standard InChI is InChI=1S/C11H10BrF3N4S/c12-7-3-8(20-6-7)4-18-1-2-19-9(5-18)16-17-10(19)11(13,14)15/h3,6H,1-2,4-5H2. The van der Waals surface area contributed by atoms with Crippen molar-refractivity contribution in [1.82, 2.24) is 19.7 Å². The summed E-state index contributed by atoms with van der Waals surface area (Å²) in [4.78, 5) is 3.24. The summed E-state index contributed by atoms with van der Waals surface area (Å²) in [7, 11) is 0. The van der Waals surface area contributed by atoms with Crippen molar-refractivity contribution in [3.05, 3.63) is 32.4 Å². The summed E-state index contributed by atoms with van der Waals surface area (Å²) in [5.41, 5.74) is 0. The Morgan fingerprint density at radius 1 is 1.30 bits per heavy atom. The molecule has 0 bridgehead atoms. The minimum atomic E-state index is -4.44. The number of alkyl halides is 3. The minimum Gasteiger partial charge on any atom is -0.305 e. The summed E-state index contributed by atoms with van der Waals surface area (Å²) in [6.07, 6.45) is -4.44. The quantitative estimate of drug-likeness (QED) is 0.818. The summed E-state index contributed by atoms with van der Waals surface area (Å²) in [5.74, 6) is -0.523. The monoisotopic (exact) mass is 366 g/mol. The highest BCUT2D eigenvalue weighted by atomic mass is 79.9. The van der Waals surface area contributed by atoms with Crippen LogP contribution < -0.4 is 0 Å². The molecule has 2 aromatic heterocycles. The SMILES string of the molecule is FC(F)(F)c1nnc2n1CCN(Cc1cc(Br)cs1)C2. The maximum atomic E-state index is 12.7. The van der Waals surface area contributed by atoms with Gasteiger partial charge in [0, 0.05) is 34.4 Å². The number of thiophene rings is 1. The van der Waals surface area contributed by atoms with Gasteiger partial charge in [-0.3, -0.25) is 4.90 Å². The number of hydrogen-bond donors (Lipinski definition) is 0. The van der Waals surface area contributed by atoms with Crippen LogP contribution in [0.3, 0.4) is 0 Å². The van der Waals surface area contributed by atoms with Crippen LogP contribution in [0, 0.1) is 0 Å². The van der Waals surface area contributed by atoms with Gasteiger partial charge in [-0.25, -0.2) is 0 Å². The fourth-order valence-corrected chi connectivity index (χ4v) is 3.70. The number of aromatic nitrogens is 3. The second-order valence-corrected chi connectivity index (χ2v) is 6.44. The largest absolute Gasteiger partial charge is 0.451 e. The third-order valence-corrected chi connectivity index (χ3v) is 4.77. The molecule has 0 radical (unpaired) electrons. The molecule has 0 aromatic carbocycles. The third-order valence-electron chi connectivity index (χ3n) is 3.09. The lowest BCUT2D eigenvalue weighted by atomic mass is 10.3. The summed E-state index contributed by atoms with van der Waals surface area (Å²) >= 11 is 5.01. The number of nitrogens with zero attached hydrogens (tertiary/aromatic N) is 4. The Balaban J connectivity index is 1.75. The minimum absolute atomic E-state index is 0.268. The zero-order valence-corrected chi connectivity index (χ0v) is 12.6. The second-order valence-electron chi connectivity index (χ2n) is 4.53. The van der Waals surface area contributed by atoms with Crippen LogP contribution in [-0.4, -0.2) is 26.2 Å². The molecule has 0 amide bonds. The van der Waals surface area contributed by atoms with E-state index < -0.39 is 12.0 Å². The predicted octanol–water partition coefficient (Wildman–Crippen LogP) is 3.14. The van der Waals surface area contributed by atoms with Crippen LogP contribution >= 0.6 is 27.3 Å². The molecule has 3 heterocycles. The van der Waals surface area contributed by atoms with Crippen molar-refractivity contribution in [1.29, 1.82) is 0 Å². The lowest BCUT2D eigenvalue weighted by molar-refractivity contribution is -0.148. The Morgan fingerprint density at radius 2 is 2.10 bits per heavy atom. The van der Waals surface area contributed by atoms with Crippen molar-refractivity contribution >= 4 is 27.3 Å². The number of hydrogen-bond acceptors (Lipinski definition) is 4. The Kier molecular flexibility index (Phi) is 3.59. The van der Waals surface area contributed by atoms with Crippen LogP contribution in [0.1, 0.15) is 16.5 Å². The summed E-state index contributed by atoms with van der Waals surface area (Å²) in [6.45, 7) is 1.93. The summed E-state index contributed by atoms with van der Waals surface area (Å²) < 4.78 is 40.3. The topological polar surface area (TPSA) is 34.0 Å². The fourth-order valence-electron chi connectivity index (χ4n) is 2.21. The lowest BCUT2D eigenvalue weighted by Crippen LogP contribution is -2.34. The Hall–Kier alpha value is -0.930. The second kappa shape index (κ2) is 5.12. The van der Waals surface area contributed by atoms with E-state index in [-0.39, 0.29) is 6.54 Å². The zero-order valence-electron chi connectivity index (χ0n) is 10.2. The van der Waals surface area contributed by atoms with E-state index in [0.717, 1.165) is 4.47 Å². The van der Waals surface area contributed by atoms with E-state index in [4.69, 9.17) is 0 Å². The molecule has 20 heavy (non-hydrogen) atoms.